The monoisotopic (exact) mass is 102 g/mol. The van der Waals surface area contributed by atoms with Crippen molar-refractivity contribution in [2.45, 2.75) is 20.3 Å². The van der Waals surface area contributed by atoms with Crippen LogP contribution in [0.3, 0.4) is 0 Å². The van der Waals surface area contributed by atoms with E-state index < -0.39 is 0 Å². The van der Waals surface area contributed by atoms with Crippen molar-refractivity contribution in [3.05, 3.63) is 12.7 Å². The minimum absolute atomic E-state index is 0. The molecule has 0 saturated carbocycles. The van der Waals surface area contributed by atoms with Gasteiger partial charge in [0.2, 0.25) is 0 Å². The van der Waals surface area contributed by atoms with Crippen LogP contribution in [0.5, 0.6) is 0 Å². The first-order valence-electron chi connectivity index (χ1n) is 2.38. The van der Waals surface area contributed by atoms with E-state index in [0.717, 1.165) is 12.3 Å². The highest BCUT2D eigenvalue weighted by Crippen LogP contribution is 1.96. The van der Waals surface area contributed by atoms with Gasteiger partial charge in [-0.15, -0.1) is 6.58 Å². The second kappa shape index (κ2) is 5.70. The van der Waals surface area contributed by atoms with Crippen molar-refractivity contribution in [1.82, 2.24) is 0 Å². The molecule has 0 aliphatic heterocycles. The molecule has 0 spiro atoms. The summed E-state index contributed by atoms with van der Waals surface area (Å²) >= 11 is 0. The number of hydrogen-bond donors (Lipinski definition) is 0. The van der Waals surface area contributed by atoms with E-state index in [1.807, 2.05) is 6.08 Å². The molecule has 0 aliphatic carbocycles. The normalized spacial score (nSPS) is 7.86. The Morgan fingerprint density at radius 2 is 2.00 bits per heavy atom. The van der Waals surface area contributed by atoms with Crippen LogP contribution in [-0.2, 0) is 0 Å². The molecule has 0 unspecified atom stereocenters. The molecule has 0 fully saturated rings. The van der Waals surface area contributed by atoms with Crippen molar-refractivity contribution in [3.63, 3.8) is 0 Å². The van der Waals surface area contributed by atoms with E-state index in [1.165, 1.54) is 0 Å². The van der Waals surface area contributed by atoms with Crippen LogP contribution in [0, 0.1) is 5.92 Å². The van der Waals surface area contributed by atoms with Crippen LogP contribution in [0.15, 0.2) is 12.7 Å². The van der Waals surface area contributed by atoms with Gasteiger partial charge in [-0.05, 0) is 12.3 Å². The van der Waals surface area contributed by atoms with Crippen LogP contribution in [0.2, 0.25) is 0 Å². The second-order valence-electron chi connectivity index (χ2n) is 1.92. The second-order valence-corrected chi connectivity index (χ2v) is 1.92. The Balaban J connectivity index is 0. The highest BCUT2D eigenvalue weighted by atomic mass is 16.0. The van der Waals surface area contributed by atoms with Gasteiger partial charge in [-0.2, -0.15) is 0 Å². The first-order chi connectivity index (χ1) is 2.77. The summed E-state index contributed by atoms with van der Waals surface area (Å²) in [6.45, 7) is 7.97. The summed E-state index contributed by atoms with van der Waals surface area (Å²) in [6, 6.07) is 0. The van der Waals surface area contributed by atoms with E-state index >= 15 is 0 Å². The molecule has 0 aromatic rings. The van der Waals surface area contributed by atoms with E-state index in [4.69, 9.17) is 0 Å². The molecule has 7 heavy (non-hydrogen) atoms. The Bertz CT molecular complexity index is 39.4. The SMILES string of the molecule is C=CCC(C)C.O. The van der Waals surface area contributed by atoms with Crippen molar-refractivity contribution in [3.8, 4) is 0 Å². The zero-order chi connectivity index (χ0) is 4.99. The first-order valence-corrected chi connectivity index (χ1v) is 2.38. The maximum Gasteiger partial charge on any atom is -0.0330 e. The molecule has 0 rings (SSSR count). The smallest absolute Gasteiger partial charge is 0.0330 e. The zero-order valence-electron chi connectivity index (χ0n) is 5.07. The van der Waals surface area contributed by atoms with Crippen molar-refractivity contribution in [2.24, 2.45) is 5.92 Å². The summed E-state index contributed by atoms with van der Waals surface area (Å²) in [5, 5.41) is 0. The van der Waals surface area contributed by atoms with Gasteiger partial charge in [0.25, 0.3) is 0 Å². The molecule has 0 atom stereocenters. The third kappa shape index (κ3) is 10.7. The fourth-order valence-corrected chi connectivity index (χ4v) is 0.333. The minimum Gasteiger partial charge on any atom is -0.412 e. The summed E-state index contributed by atoms with van der Waals surface area (Å²) in [6.07, 6.45) is 3.09. The summed E-state index contributed by atoms with van der Waals surface area (Å²) in [5.41, 5.74) is 0. The van der Waals surface area contributed by atoms with Crippen LogP contribution >= 0.6 is 0 Å². The zero-order valence-corrected chi connectivity index (χ0v) is 5.07. The molecule has 0 aliphatic rings. The molecule has 0 bridgehead atoms. The van der Waals surface area contributed by atoms with E-state index in [2.05, 4.69) is 20.4 Å². The fraction of sp³-hybridized carbons (Fsp3) is 0.667. The number of hydrogen-bond acceptors (Lipinski definition) is 0. The van der Waals surface area contributed by atoms with E-state index in [1.54, 1.807) is 0 Å². The van der Waals surface area contributed by atoms with Crippen molar-refractivity contribution in [2.75, 3.05) is 0 Å². The molecule has 1 nitrogen and oxygen atoms in total. The standard InChI is InChI=1S/C6H12.H2O/c1-4-5-6(2)3;/h4,6H,1,5H2,2-3H3;1H2. The van der Waals surface area contributed by atoms with E-state index in [0.29, 0.717) is 0 Å². The molecule has 44 valence electrons. The lowest BCUT2D eigenvalue weighted by molar-refractivity contribution is 0.664. The predicted molar refractivity (Wildman–Crippen MR) is 33.3 cm³/mol. The van der Waals surface area contributed by atoms with Gasteiger partial charge in [0.15, 0.2) is 0 Å². The van der Waals surface area contributed by atoms with Gasteiger partial charge in [0.05, 0.1) is 0 Å². The maximum atomic E-state index is 3.60. The van der Waals surface area contributed by atoms with Gasteiger partial charge in [0, 0.05) is 0 Å². The molecule has 0 aromatic carbocycles. The quantitative estimate of drug-likeness (QED) is 0.472. The van der Waals surface area contributed by atoms with Crippen LogP contribution in [-0.4, -0.2) is 5.48 Å². The lowest BCUT2D eigenvalue weighted by Gasteiger charge is -1.92. The lowest BCUT2D eigenvalue weighted by atomic mass is 10.1. The summed E-state index contributed by atoms with van der Waals surface area (Å²) in [5.74, 6) is 0.780. The number of rotatable bonds is 2. The van der Waals surface area contributed by atoms with Crippen LogP contribution in [0.4, 0.5) is 0 Å². The summed E-state index contributed by atoms with van der Waals surface area (Å²) in [7, 11) is 0. The highest BCUT2D eigenvalue weighted by Gasteiger charge is 1.82. The molecule has 0 amide bonds. The van der Waals surface area contributed by atoms with Gasteiger partial charge in [-0.1, -0.05) is 19.9 Å². The maximum absolute atomic E-state index is 3.60. The summed E-state index contributed by atoms with van der Waals surface area (Å²) in [4.78, 5) is 0. The van der Waals surface area contributed by atoms with E-state index in [-0.39, 0.29) is 5.48 Å². The fourth-order valence-electron chi connectivity index (χ4n) is 0.333. The third-order valence-electron chi connectivity index (χ3n) is 0.638. The van der Waals surface area contributed by atoms with Crippen molar-refractivity contribution >= 4 is 0 Å². The molecule has 0 heterocycles. The molecule has 0 radical (unpaired) electrons. The van der Waals surface area contributed by atoms with Crippen molar-refractivity contribution < 1.29 is 5.48 Å². The molecule has 1 heteroatoms. The van der Waals surface area contributed by atoms with Crippen LogP contribution in [0.1, 0.15) is 20.3 Å². The Hall–Kier alpha value is -0.300. The molecule has 0 aromatic heterocycles. The minimum atomic E-state index is 0. The lowest BCUT2D eigenvalue weighted by Crippen LogP contribution is -1.78. The Labute approximate surface area is 45.4 Å². The Morgan fingerprint density at radius 3 is 2.00 bits per heavy atom. The summed E-state index contributed by atoms with van der Waals surface area (Å²) < 4.78 is 0. The number of allylic oxidation sites excluding steroid dienone is 1. The molecular formula is C6H14O. The Kier molecular flexibility index (Phi) is 8.02. The molecule has 2 N–H and O–H groups in total. The molecular weight excluding hydrogens is 88.1 g/mol. The first kappa shape index (κ1) is 9.85. The average molecular weight is 102 g/mol. The average Bonchev–Trinajstić information content (AvgIpc) is 1.35. The third-order valence-corrected chi connectivity index (χ3v) is 0.638. The van der Waals surface area contributed by atoms with Gasteiger partial charge < -0.3 is 5.48 Å². The highest BCUT2D eigenvalue weighted by molar-refractivity contribution is 4.67. The largest absolute Gasteiger partial charge is 0.412 e. The molecule has 0 saturated heterocycles. The van der Waals surface area contributed by atoms with Crippen molar-refractivity contribution in [1.29, 1.82) is 0 Å². The predicted octanol–water partition coefficient (Wildman–Crippen LogP) is 1.39. The van der Waals surface area contributed by atoms with Crippen LogP contribution < -0.4 is 0 Å². The van der Waals surface area contributed by atoms with Crippen LogP contribution in [0.25, 0.3) is 0 Å². The van der Waals surface area contributed by atoms with Gasteiger partial charge in [-0.25, -0.2) is 0 Å². The topological polar surface area (TPSA) is 31.5 Å². The van der Waals surface area contributed by atoms with E-state index in [9.17, 15) is 0 Å². The Morgan fingerprint density at radius 1 is 1.57 bits per heavy atom. The van der Waals surface area contributed by atoms with Gasteiger partial charge in [0.1, 0.15) is 0 Å². The van der Waals surface area contributed by atoms with Gasteiger partial charge >= 0.3 is 0 Å². The van der Waals surface area contributed by atoms with Gasteiger partial charge in [-0.3, -0.25) is 0 Å².